The third kappa shape index (κ3) is 4.19. The Labute approximate surface area is 113 Å². The minimum absolute atomic E-state index is 0.0564. The van der Waals surface area contributed by atoms with E-state index in [1.54, 1.807) is 6.92 Å². The second-order valence-corrected chi connectivity index (χ2v) is 3.72. The van der Waals surface area contributed by atoms with Crippen molar-refractivity contribution in [2.75, 3.05) is 18.5 Å². The van der Waals surface area contributed by atoms with Gasteiger partial charge in [-0.25, -0.2) is 0 Å². The van der Waals surface area contributed by atoms with Crippen molar-refractivity contribution >= 4 is 23.0 Å². The molecule has 1 aromatic carbocycles. The van der Waals surface area contributed by atoms with Gasteiger partial charge in [-0.15, -0.1) is 0 Å². The minimum Gasteiger partial charge on any atom is -0.464 e. The van der Waals surface area contributed by atoms with Crippen LogP contribution in [-0.4, -0.2) is 29.0 Å². The van der Waals surface area contributed by atoms with Gasteiger partial charge in [0.05, 0.1) is 15.9 Å². The number of benzene rings is 1. The molecule has 0 spiro atoms. The first kappa shape index (κ1) is 15.3. The van der Waals surface area contributed by atoms with Gasteiger partial charge in [-0.3, -0.25) is 25.0 Å². The first-order valence-corrected chi connectivity index (χ1v) is 5.78. The highest BCUT2D eigenvalue weighted by atomic mass is 16.6. The van der Waals surface area contributed by atoms with Crippen molar-refractivity contribution < 1.29 is 19.4 Å². The Morgan fingerprint density at radius 3 is 2.55 bits per heavy atom. The number of carbonyl (C=O) groups is 1. The summed E-state index contributed by atoms with van der Waals surface area (Å²) in [5.41, 5.74) is -0.631. The highest BCUT2D eigenvalue weighted by Gasteiger charge is 2.19. The fourth-order valence-electron chi connectivity index (χ4n) is 1.39. The largest absolute Gasteiger partial charge is 0.464 e. The quantitative estimate of drug-likeness (QED) is 0.350. The van der Waals surface area contributed by atoms with Crippen LogP contribution in [0.25, 0.3) is 0 Å². The summed E-state index contributed by atoms with van der Waals surface area (Å²) in [6.45, 7) is 1.88. The molecule has 20 heavy (non-hydrogen) atoms. The van der Waals surface area contributed by atoms with Crippen molar-refractivity contribution in [2.45, 2.75) is 13.3 Å². The van der Waals surface area contributed by atoms with Gasteiger partial charge in [-0.1, -0.05) is 6.92 Å². The maximum atomic E-state index is 10.9. The maximum Gasteiger partial charge on any atom is 0.305 e. The molecule has 1 rings (SSSR count). The molecule has 0 unspecified atom stereocenters. The van der Waals surface area contributed by atoms with Crippen molar-refractivity contribution in [3.8, 4) is 0 Å². The molecular formula is C11H13N3O6. The third-order valence-corrected chi connectivity index (χ3v) is 2.36. The molecule has 0 saturated heterocycles. The van der Waals surface area contributed by atoms with E-state index in [1.807, 2.05) is 0 Å². The number of ether oxygens (including phenoxy) is 1. The van der Waals surface area contributed by atoms with Crippen molar-refractivity contribution in [1.82, 2.24) is 0 Å². The molecule has 0 saturated carbocycles. The van der Waals surface area contributed by atoms with Crippen LogP contribution in [0.3, 0.4) is 0 Å². The van der Waals surface area contributed by atoms with Crippen LogP contribution in [0.15, 0.2) is 18.2 Å². The van der Waals surface area contributed by atoms with Gasteiger partial charge < -0.3 is 10.1 Å². The van der Waals surface area contributed by atoms with Crippen LogP contribution in [0.2, 0.25) is 0 Å². The van der Waals surface area contributed by atoms with E-state index in [0.717, 1.165) is 12.1 Å². The predicted octanol–water partition coefficient (Wildman–Crippen LogP) is 1.87. The summed E-state index contributed by atoms with van der Waals surface area (Å²) < 4.78 is 4.80. The summed E-state index contributed by atoms with van der Waals surface area (Å²) in [7, 11) is 0. The summed E-state index contributed by atoms with van der Waals surface area (Å²) in [4.78, 5) is 30.9. The normalized spacial score (nSPS) is 9.85. The van der Waals surface area contributed by atoms with E-state index in [-0.39, 0.29) is 36.9 Å². The molecule has 1 aromatic rings. The Morgan fingerprint density at radius 1 is 1.30 bits per heavy atom. The molecule has 0 atom stereocenters. The zero-order valence-corrected chi connectivity index (χ0v) is 10.7. The van der Waals surface area contributed by atoms with Gasteiger partial charge in [0.15, 0.2) is 0 Å². The molecule has 0 radical (unpaired) electrons. The summed E-state index contributed by atoms with van der Waals surface area (Å²) in [5.74, 6) is -0.370. The van der Waals surface area contributed by atoms with Crippen molar-refractivity contribution in [1.29, 1.82) is 0 Å². The molecule has 9 nitrogen and oxygen atoms in total. The number of non-ortho nitro benzene ring substituents is 1. The number of nitrogens with zero attached hydrogens (tertiary/aromatic N) is 2. The van der Waals surface area contributed by atoms with Gasteiger partial charge in [-0.05, 0) is 6.07 Å². The Bertz CT molecular complexity index is 531. The maximum absolute atomic E-state index is 10.9. The first-order valence-electron chi connectivity index (χ1n) is 5.78. The van der Waals surface area contributed by atoms with E-state index in [4.69, 9.17) is 4.74 Å². The predicted molar refractivity (Wildman–Crippen MR) is 69.5 cm³/mol. The molecule has 0 aliphatic carbocycles. The number of esters is 1. The Hall–Kier alpha value is -2.71. The lowest BCUT2D eigenvalue weighted by atomic mass is 10.2. The SMILES string of the molecule is CCC(=O)OCCNc1ccc([N+](=O)[O-])cc1[N+](=O)[O-]. The van der Waals surface area contributed by atoms with Gasteiger partial charge in [0.25, 0.3) is 11.4 Å². The molecule has 0 aliphatic heterocycles. The average Bonchev–Trinajstić information content (AvgIpc) is 2.42. The molecule has 108 valence electrons. The molecule has 1 N–H and O–H groups in total. The first-order chi connectivity index (χ1) is 9.45. The fraction of sp³-hybridized carbons (Fsp3) is 0.364. The van der Waals surface area contributed by atoms with Gasteiger partial charge in [0, 0.05) is 19.0 Å². The van der Waals surface area contributed by atoms with Crippen LogP contribution >= 0.6 is 0 Å². The molecule has 0 heterocycles. The van der Waals surface area contributed by atoms with E-state index < -0.39 is 15.5 Å². The molecular weight excluding hydrogens is 270 g/mol. The van der Waals surface area contributed by atoms with Crippen LogP contribution in [0.1, 0.15) is 13.3 Å². The summed E-state index contributed by atoms with van der Waals surface area (Å²) >= 11 is 0. The van der Waals surface area contributed by atoms with Crippen molar-refractivity contribution in [3.63, 3.8) is 0 Å². The lowest BCUT2D eigenvalue weighted by Crippen LogP contribution is -2.13. The standard InChI is InChI=1S/C11H13N3O6/c1-2-11(15)20-6-5-12-9-4-3-8(13(16)17)7-10(9)14(18)19/h3-4,7,12H,2,5-6H2,1H3. The number of anilines is 1. The van der Waals surface area contributed by atoms with Gasteiger partial charge >= 0.3 is 5.97 Å². The minimum atomic E-state index is -0.715. The van der Waals surface area contributed by atoms with Crippen LogP contribution in [0.5, 0.6) is 0 Å². The average molecular weight is 283 g/mol. The molecule has 0 aliphatic rings. The Balaban J connectivity index is 2.72. The molecule has 0 fully saturated rings. The highest BCUT2D eigenvalue weighted by molar-refractivity contribution is 5.69. The van der Waals surface area contributed by atoms with Crippen LogP contribution in [-0.2, 0) is 9.53 Å². The van der Waals surface area contributed by atoms with E-state index >= 15 is 0 Å². The van der Waals surface area contributed by atoms with E-state index in [9.17, 15) is 25.0 Å². The molecule has 0 bridgehead atoms. The summed E-state index contributed by atoms with van der Waals surface area (Å²) in [6.07, 6.45) is 0.248. The molecule has 0 aromatic heterocycles. The number of nitrogens with one attached hydrogen (secondary N) is 1. The third-order valence-electron chi connectivity index (χ3n) is 2.36. The van der Waals surface area contributed by atoms with Gasteiger partial charge in [0.2, 0.25) is 0 Å². The smallest absolute Gasteiger partial charge is 0.305 e. The van der Waals surface area contributed by atoms with Crippen LogP contribution in [0, 0.1) is 20.2 Å². The van der Waals surface area contributed by atoms with E-state index in [0.29, 0.717) is 0 Å². The number of nitro benzene ring substituents is 2. The van der Waals surface area contributed by atoms with E-state index in [2.05, 4.69) is 5.32 Å². The Kier molecular flexibility index (Phi) is 5.39. The number of hydrogen-bond donors (Lipinski definition) is 1. The number of carbonyl (C=O) groups excluding carboxylic acids is 1. The fourth-order valence-corrected chi connectivity index (χ4v) is 1.39. The van der Waals surface area contributed by atoms with Crippen LogP contribution in [0.4, 0.5) is 17.1 Å². The topological polar surface area (TPSA) is 125 Å². The zero-order valence-electron chi connectivity index (χ0n) is 10.7. The Morgan fingerprint density at radius 2 is 2.00 bits per heavy atom. The highest BCUT2D eigenvalue weighted by Crippen LogP contribution is 2.28. The lowest BCUT2D eigenvalue weighted by Gasteiger charge is -2.07. The monoisotopic (exact) mass is 283 g/mol. The second-order valence-electron chi connectivity index (χ2n) is 3.72. The summed E-state index contributed by atoms with van der Waals surface area (Å²) in [6, 6.07) is 3.28. The second kappa shape index (κ2) is 7.02. The number of rotatable bonds is 7. The van der Waals surface area contributed by atoms with Gasteiger partial charge in [0.1, 0.15) is 12.3 Å². The van der Waals surface area contributed by atoms with Gasteiger partial charge in [-0.2, -0.15) is 0 Å². The van der Waals surface area contributed by atoms with Crippen molar-refractivity contribution in [2.24, 2.45) is 0 Å². The zero-order chi connectivity index (χ0) is 15.1. The molecule has 0 amide bonds. The van der Waals surface area contributed by atoms with E-state index in [1.165, 1.54) is 6.07 Å². The number of hydrogen-bond acceptors (Lipinski definition) is 7. The number of nitro groups is 2. The lowest BCUT2D eigenvalue weighted by molar-refractivity contribution is -0.393. The summed E-state index contributed by atoms with van der Waals surface area (Å²) in [5, 5.41) is 24.1. The molecule has 9 heteroatoms. The van der Waals surface area contributed by atoms with Crippen molar-refractivity contribution in [3.05, 3.63) is 38.4 Å². The van der Waals surface area contributed by atoms with Crippen LogP contribution < -0.4 is 5.32 Å².